The fraction of sp³-hybridized carbons (Fsp3) is 0.934. The van der Waals surface area contributed by atoms with E-state index >= 15 is 0 Å². The molecule has 1 amide bonds. The lowest BCUT2D eigenvalue weighted by atomic mass is 10.0. The molecular formula is C61H119NO5. The molecule has 0 radical (unpaired) electrons. The van der Waals surface area contributed by atoms with Gasteiger partial charge in [0, 0.05) is 12.8 Å². The summed E-state index contributed by atoms with van der Waals surface area (Å²) >= 11 is 0. The van der Waals surface area contributed by atoms with Gasteiger partial charge in [0.15, 0.2) is 0 Å². The van der Waals surface area contributed by atoms with Gasteiger partial charge in [-0.05, 0) is 51.4 Å². The maximum Gasteiger partial charge on any atom is 0.305 e. The number of nitrogens with one attached hydrogen (secondary N) is 1. The van der Waals surface area contributed by atoms with E-state index < -0.39 is 12.1 Å². The Bertz CT molecular complexity index is 1000. The Morgan fingerprint density at radius 2 is 0.701 bits per heavy atom. The molecule has 0 rings (SSSR count). The van der Waals surface area contributed by atoms with Crippen LogP contribution in [0.2, 0.25) is 0 Å². The first-order chi connectivity index (χ1) is 33.0. The van der Waals surface area contributed by atoms with Crippen LogP contribution in [0.25, 0.3) is 0 Å². The molecule has 0 fully saturated rings. The Kier molecular flexibility index (Phi) is 56.0. The van der Waals surface area contributed by atoms with Crippen molar-refractivity contribution in [2.45, 2.75) is 353 Å². The number of rotatable bonds is 57. The number of carbonyl (C=O) groups is 2. The van der Waals surface area contributed by atoms with E-state index in [4.69, 9.17) is 4.74 Å². The van der Waals surface area contributed by atoms with E-state index in [-0.39, 0.29) is 18.5 Å². The minimum atomic E-state index is -0.660. The number of carbonyl (C=O) groups excluding carboxylic acids is 2. The summed E-state index contributed by atoms with van der Waals surface area (Å²) in [4.78, 5) is 24.5. The Morgan fingerprint density at radius 1 is 0.403 bits per heavy atom. The largest absolute Gasteiger partial charge is 0.466 e. The van der Waals surface area contributed by atoms with Crippen molar-refractivity contribution in [1.82, 2.24) is 5.32 Å². The van der Waals surface area contributed by atoms with Crippen LogP contribution < -0.4 is 5.32 Å². The van der Waals surface area contributed by atoms with Gasteiger partial charge in [-0.15, -0.1) is 0 Å². The number of hydrogen-bond acceptors (Lipinski definition) is 5. The van der Waals surface area contributed by atoms with Crippen molar-refractivity contribution in [3.05, 3.63) is 12.2 Å². The average molecular weight is 947 g/mol. The highest BCUT2D eigenvalue weighted by Crippen LogP contribution is 2.18. The van der Waals surface area contributed by atoms with Crippen LogP contribution in [0.1, 0.15) is 341 Å². The molecule has 398 valence electrons. The molecule has 0 aromatic heterocycles. The number of amides is 1. The maximum atomic E-state index is 12.4. The number of hydrogen-bond donors (Lipinski definition) is 3. The number of ether oxygens (including phenoxy) is 1. The first-order valence-corrected chi connectivity index (χ1v) is 30.4. The van der Waals surface area contributed by atoms with Crippen molar-refractivity contribution in [3.63, 3.8) is 0 Å². The molecule has 2 atom stereocenters. The molecule has 0 aromatic rings. The molecule has 0 heterocycles. The molecule has 0 bridgehead atoms. The van der Waals surface area contributed by atoms with Crippen LogP contribution in [0.5, 0.6) is 0 Å². The minimum Gasteiger partial charge on any atom is -0.466 e. The quantitative estimate of drug-likeness (QED) is 0.0321. The Morgan fingerprint density at radius 3 is 1.06 bits per heavy atom. The third kappa shape index (κ3) is 53.8. The average Bonchev–Trinajstić information content (AvgIpc) is 3.33. The second kappa shape index (κ2) is 57.2. The van der Waals surface area contributed by atoms with Gasteiger partial charge in [-0.2, -0.15) is 0 Å². The Labute approximate surface area is 419 Å². The zero-order chi connectivity index (χ0) is 48.6. The monoisotopic (exact) mass is 946 g/mol. The smallest absolute Gasteiger partial charge is 0.305 e. The van der Waals surface area contributed by atoms with E-state index in [9.17, 15) is 19.8 Å². The molecule has 0 aromatic carbocycles. The topological polar surface area (TPSA) is 95.9 Å². The van der Waals surface area contributed by atoms with Crippen LogP contribution in [0, 0.1) is 0 Å². The fourth-order valence-corrected chi connectivity index (χ4v) is 9.64. The van der Waals surface area contributed by atoms with Crippen LogP contribution >= 0.6 is 0 Å². The highest BCUT2D eigenvalue weighted by atomic mass is 16.5. The zero-order valence-electron chi connectivity index (χ0n) is 45.4. The molecule has 0 aliphatic rings. The van der Waals surface area contributed by atoms with Crippen molar-refractivity contribution >= 4 is 11.9 Å². The minimum absolute atomic E-state index is 0.00887. The number of esters is 1. The molecule has 0 aliphatic heterocycles. The molecule has 0 saturated heterocycles. The van der Waals surface area contributed by atoms with E-state index in [2.05, 4.69) is 31.3 Å². The fourth-order valence-electron chi connectivity index (χ4n) is 9.64. The SMILES string of the molecule is CCCCCCCC/C=C\CCCCCCCC(=O)OCCCCCCCCCCCCCCCCCCCCCCCCCCCC(=O)NC(CO)C(O)CCCCCCCCCCCC. The highest BCUT2D eigenvalue weighted by Gasteiger charge is 2.20. The van der Waals surface area contributed by atoms with Crippen molar-refractivity contribution in [1.29, 1.82) is 0 Å². The van der Waals surface area contributed by atoms with Crippen molar-refractivity contribution in [2.24, 2.45) is 0 Å². The van der Waals surface area contributed by atoms with Crippen molar-refractivity contribution < 1.29 is 24.5 Å². The Hall–Kier alpha value is -1.40. The van der Waals surface area contributed by atoms with Gasteiger partial charge in [-0.1, -0.05) is 289 Å². The molecule has 0 aliphatic carbocycles. The van der Waals surface area contributed by atoms with Gasteiger partial charge in [0.25, 0.3) is 0 Å². The summed E-state index contributed by atoms with van der Waals surface area (Å²) in [6, 6.07) is -0.537. The predicted octanol–water partition coefficient (Wildman–Crippen LogP) is 18.9. The number of allylic oxidation sites excluding steroid dienone is 2. The van der Waals surface area contributed by atoms with Gasteiger partial charge in [0.1, 0.15) is 0 Å². The summed E-state index contributed by atoms with van der Waals surface area (Å²) in [7, 11) is 0. The van der Waals surface area contributed by atoms with E-state index in [1.807, 2.05) is 0 Å². The molecule has 0 spiro atoms. The molecule has 6 heteroatoms. The lowest BCUT2D eigenvalue weighted by Gasteiger charge is -2.22. The third-order valence-electron chi connectivity index (χ3n) is 14.3. The second-order valence-corrected chi connectivity index (χ2v) is 21.0. The van der Waals surface area contributed by atoms with Crippen LogP contribution in [-0.4, -0.2) is 47.4 Å². The van der Waals surface area contributed by atoms with Gasteiger partial charge in [-0.3, -0.25) is 9.59 Å². The van der Waals surface area contributed by atoms with Gasteiger partial charge < -0.3 is 20.3 Å². The first kappa shape index (κ1) is 65.6. The van der Waals surface area contributed by atoms with Crippen LogP contribution in [0.3, 0.4) is 0 Å². The molecule has 0 saturated carbocycles. The van der Waals surface area contributed by atoms with E-state index in [1.165, 1.54) is 263 Å². The van der Waals surface area contributed by atoms with Gasteiger partial charge in [-0.25, -0.2) is 0 Å². The molecule has 6 nitrogen and oxygen atoms in total. The van der Waals surface area contributed by atoms with E-state index in [0.717, 1.165) is 44.9 Å². The van der Waals surface area contributed by atoms with Crippen LogP contribution in [0.4, 0.5) is 0 Å². The van der Waals surface area contributed by atoms with Crippen molar-refractivity contribution in [3.8, 4) is 0 Å². The number of aliphatic hydroxyl groups is 2. The van der Waals surface area contributed by atoms with Crippen molar-refractivity contribution in [2.75, 3.05) is 13.2 Å². The zero-order valence-corrected chi connectivity index (χ0v) is 45.4. The van der Waals surface area contributed by atoms with Crippen LogP contribution in [0.15, 0.2) is 12.2 Å². The summed E-state index contributed by atoms with van der Waals surface area (Å²) in [6.45, 7) is 4.95. The summed E-state index contributed by atoms with van der Waals surface area (Å²) in [5.41, 5.74) is 0. The second-order valence-electron chi connectivity index (χ2n) is 21.0. The Balaban J connectivity index is 3.32. The highest BCUT2D eigenvalue weighted by molar-refractivity contribution is 5.76. The lowest BCUT2D eigenvalue weighted by Crippen LogP contribution is -2.45. The molecule has 67 heavy (non-hydrogen) atoms. The summed E-state index contributed by atoms with van der Waals surface area (Å²) < 4.78 is 5.48. The van der Waals surface area contributed by atoms with Gasteiger partial charge in [0.2, 0.25) is 5.91 Å². The first-order valence-electron chi connectivity index (χ1n) is 30.4. The van der Waals surface area contributed by atoms with Gasteiger partial charge >= 0.3 is 5.97 Å². The van der Waals surface area contributed by atoms with E-state index in [1.54, 1.807) is 0 Å². The molecule has 2 unspecified atom stereocenters. The summed E-state index contributed by atoms with van der Waals surface area (Å²) in [6.07, 6.45) is 68.0. The summed E-state index contributed by atoms with van der Waals surface area (Å²) in [5.74, 6) is -0.0247. The van der Waals surface area contributed by atoms with E-state index in [0.29, 0.717) is 25.9 Å². The lowest BCUT2D eigenvalue weighted by molar-refractivity contribution is -0.143. The molecular weight excluding hydrogens is 827 g/mol. The normalized spacial score (nSPS) is 12.6. The van der Waals surface area contributed by atoms with Crippen LogP contribution in [-0.2, 0) is 14.3 Å². The van der Waals surface area contributed by atoms with Gasteiger partial charge in [0.05, 0.1) is 25.4 Å². The maximum absolute atomic E-state index is 12.4. The predicted molar refractivity (Wildman–Crippen MR) is 292 cm³/mol. The standard InChI is InChI=1S/C61H119NO5/c1-3-5-7-9-11-13-15-16-28-32-35-39-43-47-51-55-61(66)67-56-52-48-44-40-36-33-30-27-25-23-21-19-17-18-20-22-24-26-29-31-34-38-42-46-50-54-60(65)62-58(57-63)59(64)53-49-45-41-37-14-12-10-8-6-4-2/h16,28,58-59,63-64H,3-15,17-27,29-57H2,1-2H3,(H,62,65)/b28-16-. The molecule has 3 N–H and O–H groups in total. The third-order valence-corrected chi connectivity index (χ3v) is 14.3. The number of unbranched alkanes of at least 4 members (excludes halogenated alkanes) is 44. The summed E-state index contributed by atoms with van der Waals surface area (Å²) in [5, 5.41) is 23.2. The number of aliphatic hydroxyl groups excluding tert-OH is 2.